The molecule has 1 aromatic carbocycles. The number of nitrogens with zero attached hydrogens (tertiary/aromatic N) is 3. The van der Waals surface area contributed by atoms with Gasteiger partial charge in [0, 0.05) is 25.0 Å². The number of thiazole rings is 1. The molecule has 0 aliphatic heterocycles. The minimum Gasteiger partial charge on any atom is -0.352 e. The summed E-state index contributed by atoms with van der Waals surface area (Å²) in [6.45, 7) is 6.55. The Labute approximate surface area is 148 Å². The minimum absolute atomic E-state index is 0.695. The molecule has 0 amide bonds. The van der Waals surface area contributed by atoms with Gasteiger partial charge in [-0.05, 0) is 39.1 Å². The zero-order chi connectivity index (χ0) is 17.5. The van der Waals surface area contributed by atoms with Crippen LogP contribution in [0.15, 0.2) is 29.3 Å². The largest absolute Gasteiger partial charge is 0.352 e. The van der Waals surface area contributed by atoms with Crippen LogP contribution in [0, 0.1) is 13.8 Å². The molecule has 5 nitrogen and oxygen atoms in total. The van der Waals surface area contributed by atoms with Gasteiger partial charge in [0.05, 0.1) is 12.2 Å². The summed E-state index contributed by atoms with van der Waals surface area (Å²) in [5.41, 5.74) is 3.67. The van der Waals surface area contributed by atoms with E-state index in [9.17, 15) is 0 Å². The third kappa shape index (κ3) is 5.62. The molecule has 2 aromatic rings. The van der Waals surface area contributed by atoms with Crippen LogP contribution in [-0.2, 0) is 19.6 Å². The van der Waals surface area contributed by atoms with Crippen molar-refractivity contribution in [3.05, 3.63) is 51.0 Å². The smallest absolute Gasteiger partial charge is 0.191 e. The SMILES string of the molecule is CN=C(NCc1ccc(CN(C)C)cc1)NCc1nc(C)c(C)s1. The van der Waals surface area contributed by atoms with Crippen LogP contribution in [0.25, 0.3) is 0 Å². The molecule has 0 saturated heterocycles. The number of benzene rings is 1. The molecule has 1 heterocycles. The van der Waals surface area contributed by atoms with Gasteiger partial charge >= 0.3 is 0 Å². The van der Waals surface area contributed by atoms with Crippen LogP contribution in [0.3, 0.4) is 0 Å². The van der Waals surface area contributed by atoms with Crippen LogP contribution < -0.4 is 10.6 Å². The van der Waals surface area contributed by atoms with Gasteiger partial charge in [-0.1, -0.05) is 24.3 Å². The lowest BCUT2D eigenvalue weighted by Gasteiger charge is -2.12. The van der Waals surface area contributed by atoms with Crippen LogP contribution in [-0.4, -0.2) is 37.0 Å². The average molecular weight is 346 g/mol. The van der Waals surface area contributed by atoms with E-state index in [1.54, 1.807) is 18.4 Å². The van der Waals surface area contributed by atoms with Gasteiger partial charge < -0.3 is 15.5 Å². The topological polar surface area (TPSA) is 52.6 Å². The van der Waals surface area contributed by atoms with E-state index in [2.05, 4.69) is 70.8 Å². The first-order valence-electron chi connectivity index (χ1n) is 8.08. The summed E-state index contributed by atoms with van der Waals surface area (Å²) in [4.78, 5) is 12.2. The summed E-state index contributed by atoms with van der Waals surface area (Å²) < 4.78 is 0. The highest BCUT2D eigenvalue weighted by atomic mass is 32.1. The van der Waals surface area contributed by atoms with Gasteiger partial charge in [0.2, 0.25) is 0 Å². The third-order valence-electron chi connectivity index (χ3n) is 3.69. The Balaban J connectivity index is 1.82. The first-order chi connectivity index (χ1) is 11.5. The number of rotatable bonds is 6. The molecule has 0 spiro atoms. The van der Waals surface area contributed by atoms with E-state index in [-0.39, 0.29) is 0 Å². The summed E-state index contributed by atoms with van der Waals surface area (Å²) in [5, 5.41) is 7.74. The van der Waals surface area contributed by atoms with Crippen molar-refractivity contribution in [3.63, 3.8) is 0 Å². The number of nitrogens with one attached hydrogen (secondary N) is 2. The van der Waals surface area contributed by atoms with Crippen molar-refractivity contribution in [2.24, 2.45) is 4.99 Å². The van der Waals surface area contributed by atoms with E-state index in [1.807, 2.05) is 6.92 Å². The quantitative estimate of drug-likeness (QED) is 0.624. The second kappa shape index (κ2) is 8.80. The van der Waals surface area contributed by atoms with Crippen LogP contribution in [0.1, 0.15) is 26.7 Å². The second-order valence-corrected chi connectivity index (χ2v) is 7.37. The van der Waals surface area contributed by atoms with E-state index in [1.165, 1.54) is 16.0 Å². The van der Waals surface area contributed by atoms with Gasteiger partial charge in [-0.2, -0.15) is 0 Å². The molecule has 0 aliphatic rings. The Kier molecular flexibility index (Phi) is 6.75. The molecule has 0 bridgehead atoms. The molecule has 0 saturated carbocycles. The van der Waals surface area contributed by atoms with Gasteiger partial charge in [0.25, 0.3) is 0 Å². The third-order valence-corrected chi connectivity index (χ3v) is 4.76. The summed E-state index contributed by atoms with van der Waals surface area (Å²) in [6.07, 6.45) is 0. The highest BCUT2D eigenvalue weighted by Gasteiger charge is 2.05. The van der Waals surface area contributed by atoms with E-state index < -0.39 is 0 Å². The van der Waals surface area contributed by atoms with Gasteiger partial charge in [-0.25, -0.2) is 4.98 Å². The molecule has 6 heteroatoms. The molecular weight excluding hydrogens is 318 g/mol. The monoisotopic (exact) mass is 345 g/mol. The fraction of sp³-hybridized carbons (Fsp3) is 0.444. The van der Waals surface area contributed by atoms with E-state index >= 15 is 0 Å². The number of guanidine groups is 1. The second-order valence-electron chi connectivity index (χ2n) is 6.08. The van der Waals surface area contributed by atoms with Gasteiger partial charge in [-0.15, -0.1) is 11.3 Å². The molecule has 1 aromatic heterocycles. The van der Waals surface area contributed by atoms with Crippen molar-refractivity contribution in [2.45, 2.75) is 33.5 Å². The van der Waals surface area contributed by atoms with Crippen molar-refractivity contribution in [1.82, 2.24) is 20.5 Å². The van der Waals surface area contributed by atoms with E-state index in [0.29, 0.717) is 6.54 Å². The average Bonchev–Trinajstić information content (AvgIpc) is 2.87. The molecule has 0 fully saturated rings. The van der Waals surface area contributed by atoms with Gasteiger partial charge in [-0.3, -0.25) is 4.99 Å². The predicted octanol–water partition coefficient (Wildman–Crippen LogP) is 2.69. The molecule has 0 unspecified atom stereocenters. The minimum atomic E-state index is 0.695. The van der Waals surface area contributed by atoms with Gasteiger partial charge in [0.15, 0.2) is 5.96 Å². The summed E-state index contributed by atoms with van der Waals surface area (Å²) in [7, 11) is 5.95. The lowest BCUT2D eigenvalue weighted by molar-refractivity contribution is 0.402. The fourth-order valence-corrected chi connectivity index (χ4v) is 3.18. The predicted molar refractivity (Wildman–Crippen MR) is 102 cm³/mol. The van der Waals surface area contributed by atoms with Crippen LogP contribution in [0.5, 0.6) is 0 Å². The first kappa shape index (κ1) is 18.4. The fourth-order valence-electron chi connectivity index (χ4n) is 2.31. The Morgan fingerprint density at radius 1 is 1.08 bits per heavy atom. The number of hydrogen-bond acceptors (Lipinski definition) is 4. The highest BCUT2D eigenvalue weighted by Crippen LogP contribution is 2.15. The molecule has 0 atom stereocenters. The number of aromatic nitrogens is 1. The maximum absolute atomic E-state index is 4.54. The zero-order valence-electron chi connectivity index (χ0n) is 15.2. The van der Waals surface area contributed by atoms with Crippen molar-refractivity contribution in [1.29, 1.82) is 0 Å². The van der Waals surface area contributed by atoms with E-state index in [0.717, 1.165) is 29.8 Å². The number of aryl methyl sites for hydroxylation is 2. The Morgan fingerprint density at radius 3 is 2.25 bits per heavy atom. The first-order valence-corrected chi connectivity index (χ1v) is 8.89. The van der Waals surface area contributed by atoms with Crippen LogP contribution in [0.2, 0.25) is 0 Å². The highest BCUT2D eigenvalue weighted by molar-refractivity contribution is 7.11. The Hall–Kier alpha value is -1.92. The molecular formula is C18H27N5S. The molecule has 0 aliphatic carbocycles. The summed E-state index contributed by atoms with van der Waals surface area (Å²) in [5.74, 6) is 0.790. The molecule has 130 valence electrons. The lowest BCUT2D eigenvalue weighted by Crippen LogP contribution is -2.36. The van der Waals surface area contributed by atoms with Crippen molar-refractivity contribution in [2.75, 3.05) is 21.1 Å². The summed E-state index contributed by atoms with van der Waals surface area (Å²) in [6, 6.07) is 8.67. The van der Waals surface area contributed by atoms with Crippen molar-refractivity contribution >= 4 is 17.3 Å². The van der Waals surface area contributed by atoms with Crippen LogP contribution >= 0.6 is 11.3 Å². The van der Waals surface area contributed by atoms with Crippen LogP contribution in [0.4, 0.5) is 0 Å². The normalized spacial score (nSPS) is 11.8. The summed E-state index contributed by atoms with van der Waals surface area (Å²) >= 11 is 1.73. The molecule has 24 heavy (non-hydrogen) atoms. The van der Waals surface area contributed by atoms with E-state index in [4.69, 9.17) is 0 Å². The molecule has 2 rings (SSSR count). The Morgan fingerprint density at radius 2 is 1.71 bits per heavy atom. The Bertz CT molecular complexity index is 654. The molecule has 2 N–H and O–H groups in total. The van der Waals surface area contributed by atoms with Crippen molar-refractivity contribution < 1.29 is 0 Å². The molecule has 0 radical (unpaired) electrons. The standard InChI is InChI=1S/C18H27N5S/c1-13-14(2)24-17(22-13)11-21-18(19-3)20-10-15-6-8-16(9-7-15)12-23(4)5/h6-9H,10-12H2,1-5H3,(H2,19,20,21). The van der Waals surface area contributed by atoms with Gasteiger partial charge in [0.1, 0.15) is 5.01 Å². The number of aliphatic imine (C=N–C) groups is 1. The number of hydrogen-bond donors (Lipinski definition) is 2. The zero-order valence-corrected chi connectivity index (χ0v) is 16.0. The maximum Gasteiger partial charge on any atom is 0.191 e. The van der Waals surface area contributed by atoms with Crippen molar-refractivity contribution in [3.8, 4) is 0 Å². The maximum atomic E-state index is 4.54. The lowest BCUT2D eigenvalue weighted by atomic mass is 10.1.